The fourth-order valence-electron chi connectivity index (χ4n) is 0.949. The van der Waals surface area contributed by atoms with E-state index in [1.807, 2.05) is 6.07 Å². The summed E-state index contributed by atoms with van der Waals surface area (Å²) in [5.41, 5.74) is 1.39. The number of halogens is 1. The van der Waals surface area contributed by atoms with Crippen LogP contribution in [0.5, 0.6) is 0 Å². The van der Waals surface area contributed by atoms with Crippen molar-refractivity contribution in [2.45, 2.75) is 19.8 Å². The molecule has 0 aliphatic rings. The average molecular weight is 234 g/mol. The first-order valence-electron chi connectivity index (χ1n) is 3.69. The van der Waals surface area contributed by atoms with Crippen LogP contribution in [0.3, 0.4) is 0 Å². The molecule has 1 aromatic rings. The Kier molecular flexibility index (Phi) is 9.48. The van der Waals surface area contributed by atoms with Crippen LogP contribution in [0.4, 0.5) is 0 Å². The molecule has 0 aliphatic heterocycles. The van der Waals surface area contributed by atoms with Gasteiger partial charge in [-0.25, -0.2) is 0 Å². The summed E-state index contributed by atoms with van der Waals surface area (Å²) >= 11 is 0. The number of benzene rings is 1. The Morgan fingerprint density at radius 2 is 1.67 bits per heavy atom. The Hall–Kier alpha value is 0.133. The molecule has 0 spiro atoms. The van der Waals surface area contributed by atoms with Gasteiger partial charge in [0.25, 0.3) is 0 Å². The van der Waals surface area contributed by atoms with Crippen LogP contribution in [0.25, 0.3) is 0 Å². The standard InChI is InChI=1S/C10H13.ClH.Zn/c1-3-9(2)10-7-5-4-6-8-10;;/h3-9H,1-2H3;1H;/p-1/t9-;;/m0../s1. The van der Waals surface area contributed by atoms with Crippen LogP contribution in [0.2, 0.25) is 0 Å². The zero-order valence-electron chi connectivity index (χ0n) is 7.63. The van der Waals surface area contributed by atoms with Gasteiger partial charge in [-0.05, 0) is 17.9 Å². The molecule has 0 aliphatic carbocycles. The van der Waals surface area contributed by atoms with Gasteiger partial charge in [0, 0.05) is 19.5 Å². The second kappa shape index (κ2) is 7.77. The zero-order valence-corrected chi connectivity index (χ0v) is 11.3. The summed E-state index contributed by atoms with van der Waals surface area (Å²) in [6, 6.07) is 10.5. The molecule has 0 unspecified atom stereocenters. The predicted molar refractivity (Wildman–Crippen MR) is 44.8 cm³/mol. The van der Waals surface area contributed by atoms with Crippen LogP contribution in [0.1, 0.15) is 25.3 Å². The summed E-state index contributed by atoms with van der Waals surface area (Å²) in [5, 5.41) is 0. The summed E-state index contributed by atoms with van der Waals surface area (Å²) in [6.45, 7) is 4.30. The molecule has 0 saturated heterocycles. The topological polar surface area (TPSA) is 0 Å². The van der Waals surface area contributed by atoms with Crippen molar-refractivity contribution < 1.29 is 31.9 Å². The Morgan fingerprint density at radius 1 is 1.17 bits per heavy atom. The first-order valence-corrected chi connectivity index (χ1v) is 3.69. The van der Waals surface area contributed by atoms with Crippen LogP contribution in [-0.2, 0) is 19.5 Å². The van der Waals surface area contributed by atoms with E-state index in [-0.39, 0.29) is 31.9 Å². The normalized spacial score (nSPS) is 10.8. The van der Waals surface area contributed by atoms with E-state index in [2.05, 4.69) is 44.5 Å². The van der Waals surface area contributed by atoms with Crippen LogP contribution in [0.15, 0.2) is 30.3 Å². The molecule has 0 heterocycles. The predicted octanol–water partition coefficient (Wildman–Crippen LogP) is 0.0158. The molecule has 1 atom stereocenters. The van der Waals surface area contributed by atoms with Gasteiger partial charge in [-0.2, -0.15) is 0 Å². The SMILES string of the molecule is C[CH][C@H](C)c1ccccc1.[Cl-].[Zn]. The van der Waals surface area contributed by atoms with E-state index >= 15 is 0 Å². The molecule has 1 radical (unpaired) electrons. The van der Waals surface area contributed by atoms with E-state index < -0.39 is 0 Å². The molecule has 0 amide bonds. The maximum Gasteiger partial charge on any atom is 0 e. The quantitative estimate of drug-likeness (QED) is 0.632. The Bertz CT molecular complexity index is 186. The van der Waals surface area contributed by atoms with Crippen LogP contribution >= 0.6 is 0 Å². The molecule has 1 rings (SSSR count). The van der Waals surface area contributed by atoms with Gasteiger partial charge in [-0.15, -0.1) is 0 Å². The van der Waals surface area contributed by atoms with Crippen molar-refractivity contribution in [3.8, 4) is 0 Å². The molecule has 0 fully saturated rings. The van der Waals surface area contributed by atoms with Crippen LogP contribution in [0, 0.1) is 6.42 Å². The molecule has 0 saturated carbocycles. The van der Waals surface area contributed by atoms with Crippen molar-refractivity contribution in [3.63, 3.8) is 0 Å². The monoisotopic (exact) mass is 232 g/mol. The van der Waals surface area contributed by atoms with Gasteiger partial charge in [0.05, 0.1) is 0 Å². The second-order valence-corrected chi connectivity index (χ2v) is 2.53. The molecular formula is C10H13ClZn-. The largest absolute Gasteiger partial charge is 1.00 e. The van der Waals surface area contributed by atoms with Gasteiger partial charge in [-0.3, -0.25) is 0 Å². The van der Waals surface area contributed by atoms with Gasteiger partial charge in [-0.1, -0.05) is 44.2 Å². The minimum Gasteiger partial charge on any atom is -1.00 e. The van der Waals surface area contributed by atoms with E-state index in [0.717, 1.165) is 0 Å². The zero-order chi connectivity index (χ0) is 7.40. The van der Waals surface area contributed by atoms with Crippen LogP contribution in [-0.4, -0.2) is 0 Å². The minimum absolute atomic E-state index is 0. The summed E-state index contributed by atoms with van der Waals surface area (Å²) in [5.74, 6) is 0.584. The number of hydrogen-bond acceptors (Lipinski definition) is 0. The maximum atomic E-state index is 2.20. The van der Waals surface area contributed by atoms with Gasteiger partial charge in [0.15, 0.2) is 0 Å². The number of hydrogen-bond donors (Lipinski definition) is 0. The second-order valence-electron chi connectivity index (χ2n) is 2.53. The molecule has 1 aromatic carbocycles. The van der Waals surface area contributed by atoms with Crippen molar-refractivity contribution in [3.05, 3.63) is 42.3 Å². The van der Waals surface area contributed by atoms with Crippen molar-refractivity contribution in [2.24, 2.45) is 0 Å². The smallest absolute Gasteiger partial charge is 0 e. The van der Waals surface area contributed by atoms with Crippen molar-refractivity contribution in [1.29, 1.82) is 0 Å². The summed E-state index contributed by atoms with van der Waals surface area (Å²) in [7, 11) is 0. The van der Waals surface area contributed by atoms with Crippen molar-refractivity contribution in [1.82, 2.24) is 0 Å². The third kappa shape index (κ3) is 4.23. The van der Waals surface area contributed by atoms with Gasteiger partial charge in [0.2, 0.25) is 0 Å². The minimum atomic E-state index is 0. The first kappa shape index (κ1) is 14.6. The molecular weight excluding hydrogens is 221 g/mol. The average Bonchev–Trinajstić information content (AvgIpc) is 2.05. The third-order valence-corrected chi connectivity index (χ3v) is 1.83. The maximum absolute atomic E-state index is 2.20. The van der Waals surface area contributed by atoms with Crippen molar-refractivity contribution >= 4 is 0 Å². The third-order valence-electron chi connectivity index (χ3n) is 1.83. The van der Waals surface area contributed by atoms with Crippen LogP contribution < -0.4 is 12.4 Å². The van der Waals surface area contributed by atoms with E-state index in [1.54, 1.807) is 0 Å². The summed E-state index contributed by atoms with van der Waals surface area (Å²) in [6.07, 6.45) is 2.20. The van der Waals surface area contributed by atoms with E-state index in [4.69, 9.17) is 0 Å². The fraction of sp³-hybridized carbons (Fsp3) is 0.300. The summed E-state index contributed by atoms with van der Waals surface area (Å²) < 4.78 is 0. The number of rotatable bonds is 2. The van der Waals surface area contributed by atoms with E-state index in [1.165, 1.54) is 5.56 Å². The Balaban J connectivity index is 0. The van der Waals surface area contributed by atoms with Gasteiger partial charge in [0.1, 0.15) is 0 Å². The molecule has 0 N–H and O–H groups in total. The molecule has 0 nitrogen and oxygen atoms in total. The molecule has 2 heteroatoms. The Labute approximate surface area is 93.9 Å². The summed E-state index contributed by atoms with van der Waals surface area (Å²) in [4.78, 5) is 0. The molecule has 12 heavy (non-hydrogen) atoms. The molecule has 0 aromatic heterocycles. The van der Waals surface area contributed by atoms with E-state index in [9.17, 15) is 0 Å². The fourth-order valence-corrected chi connectivity index (χ4v) is 0.949. The molecule has 63 valence electrons. The van der Waals surface area contributed by atoms with Gasteiger partial charge >= 0.3 is 0 Å². The van der Waals surface area contributed by atoms with Gasteiger partial charge < -0.3 is 12.4 Å². The van der Waals surface area contributed by atoms with E-state index in [0.29, 0.717) is 5.92 Å². The van der Waals surface area contributed by atoms with Crippen molar-refractivity contribution in [2.75, 3.05) is 0 Å². The first-order chi connectivity index (χ1) is 4.84. The molecule has 0 bridgehead atoms. The Morgan fingerprint density at radius 3 is 2.08 bits per heavy atom.